The lowest BCUT2D eigenvalue weighted by molar-refractivity contribution is -0.274. The van der Waals surface area contributed by atoms with Gasteiger partial charge in [0.25, 0.3) is 0 Å². The van der Waals surface area contributed by atoms with Crippen LogP contribution in [0.15, 0.2) is 70.6 Å². The van der Waals surface area contributed by atoms with E-state index >= 15 is 0 Å². The highest BCUT2D eigenvalue weighted by Crippen LogP contribution is 2.31. The molecule has 2 aromatic heterocycles. The fourth-order valence-electron chi connectivity index (χ4n) is 2.63. The van der Waals surface area contributed by atoms with Gasteiger partial charge in [-0.25, -0.2) is 4.98 Å². The zero-order chi connectivity index (χ0) is 19.6. The molecular weight excluding hydrogens is 377 g/mol. The minimum atomic E-state index is -4.73. The molecule has 0 saturated carbocycles. The number of oxime groups is 1. The van der Waals surface area contributed by atoms with E-state index in [2.05, 4.69) is 14.9 Å². The number of furan rings is 1. The van der Waals surface area contributed by atoms with Crippen molar-refractivity contribution >= 4 is 5.90 Å². The van der Waals surface area contributed by atoms with Gasteiger partial charge in [0.15, 0.2) is 11.9 Å². The van der Waals surface area contributed by atoms with Crippen LogP contribution in [0.3, 0.4) is 0 Å². The molecule has 3 aromatic rings. The fraction of sp³-hybridized carbons (Fsp3) is 0.158. The molecule has 28 heavy (non-hydrogen) atoms. The summed E-state index contributed by atoms with van der Waals surface area (Å²) in [6.07, 6.45) is -1.74. The van der Waals surface area contributed by atoms with Crippen LogP contribution < -0.4 is 9.47 Å². The molecule has 0 amide bonds. The minimum absolute atomic E-state index is 0.297. The first-order valence-corrected chi connectivity index (χ1v) is 8.22. The number of hydrogen-bond acceptors (Lipinski definition) is 6. The van der Waals surface area contributed by atoms with E-state index in [1.165, 1.54) is 30.5 Å². The molecule has 0 unspecified atom stereocenters. The second kappa shape index (κ2) is 7.26. The van der Waals surface area contributed by atoms with Gasteiger partial charge in [-0.15, -0.1) is 13.2 Å². The van der Waals surface area contributed by atoms with Crippen LogP contribution in [0.4, 0.5) is 13.2 Å². The number of hydrogen-bond donors (Lipinski definition) is 0. The molecule has 6 nitrogen and oxygen atoms in total. The molecule has 0 spiro atoms. The zero-order valence-corrected chi connectivity index (χ0v) is 14.2. The molecule has 0 saturated heterocycles. The Kier molecular flexibility index (Phi) is 4.64. The number of alkyl halides is 3. The highest BCUT2D eigenvalue weighted by atomic mass is 19.4. The van der Waals surface area contributed by atoms with Crippen molar-refractivity contribution in [2.45, 2.75) is 18.9 Å². The third-order valence-corrected chi connectivity index (χ3v) is 3.87. The maximum Gasteiger partial charge on any atom is 0.573 e. The van der Waals surface area contributed by atoms with E-state index in [9.17, 15) is 13.2 Å². The molecule has 0 aliphatic carbocycles. The van der Waals surface area contributed by atoms with Gasteiger partial charge >= 0.3 is 6.36 Å². The van der Waals surface area contributed by atoms with E-state index in [4.69, 9.17) is 14.0 Å². The molecule has 0 radical (unpaired) electrons. The highest BCUT2D eigenvalue weighted by Gasteiger charge is 2.31. The zero-order valence-electron chi connectivity index (χ0n) is 14.2. The van der Waals surface area contributed by atoms with E-state index < -0.39 is 12.5 Å². The minimum Gasteiger partial charge on any atom is -0.463 e. The number of nitrogens with zero attached hydrogens (tertiary/aromatic N) is 2. The summed E-state index contributed by atoms with van der Waals surface area (Å²) in [4.78, 5) is 9.57. The Morgan fingerprint density at radius 1 is 1.00 bits per heavy atom. The summed E-state index contributed by atoms with van der Waals surface area (Å²) < 4.78 is 51.4. The predicted molar refractivity (Wildman–Crippen MR) is 91.6 cm³/mol. The van der Waals surface area contributed by atoms with Gasteiger partial charge < -0.3 is 18.7 Å². The van der Waals surface area contributed by atoms with Crippen molar-refractivity contribution in [3.05, 3.63) is 66.6 Å². The first-order chi connectivity index (χ1) is 13.5. The molecule has 0 fully saturated rings. The van der Waals surface area contributed by atoms with Crippen LogP contribution in [0, 0.1) is 0 Å². The number of rotatable bonds is 4. The van der Waals surface area contributed by atoms with Crippen molar-refractivity contribution in [3.63, 3.8) is 0 Å². The summed E-state index contributed by atoms with van der Waals surface area (Å²) in [5, 5.41) is 3.88. The Bertz CT molecular complexity index is 952. The van der Waals surface area contributed by atoms with Crippen LogP contribution in [0.1, 0.15) is 18.1 Å². The average molecular weight is 390 g/mol. The maximum absolute atomic E-state index is 12.2. The van der Waals surface area contributed by atoms with Crippen molar-refractivity contribution in [3.8, 4) is 23.0 Å². The van der Waals surface area contributed by atoms with Crippen molar-refractivity contribution in [1.82, 2.24) is 4.98 Å². The molecule has 1 aliphatic rings. The molecule has 3 heterocycles. The van der Waals surface area contributed by atoms with Gasteiger partial charge in [-0.1, -0.05) is 17.3 Å². The molecule has 4 rings (SSSR count). The molecule has 1 aromatic carbocycles. The van der Waals surface area contributed by atoms with Crippen LogP contribution in [0.2, 0.25) is 0 Å². The lowest BCUT2D eigenvalue weighted by atomic mass is 10.1. The fourth-order valence-corrected chi connectivity index (χ4v) is 2.63. The van der Waals surface area contributed by atoms with Gasteiger partial charge in [0.2, 0.25) is 5.90 Å². The second-order valence-electron chi connectivity index (χ2n) is 5.86. The third kappa shape index (κ3) is 4.25. The number of halogens is 3. The van der Waals surface area contributed by atoms with Crippen molar-refractivity contribution in [2.24, 2.45) is 5.16 Å². The van der Waals surface area contributed by atoms with Crippen LogP contribution in [0.25, 0.3) is 11.5 Å². The predicted octanol–water partition coefficient (Wildman–Crippen LogP) is 5.09. The summed E-state index contributed by atoms with van der Waals surface area (Å²) >= 11 is 0. The Labute approximate surface area is 157 Å². The first-order valence-electron chi connectivity index (χ1n) is 8.22. The molecule has 1 atom stereocenters. The molecule has 9 heteroatoms. The Morgan fingerprint density at radius 2 is 1.79 bits per heavy atom. The average Bonchev–Trinajstić information content (AvgIpc) is 3.34. The van der Waals surface area contributed by atoms with Crippen molar-refractivity contribution in [2.75, 3.05) is 0 Å². The molecule has 0 bridgehead atoms. The monoisotopic (exact) mass is 390 g/mol. The molecule has 144 valence electrons. The smallest absolute Gasteiger partial charge is 0.463 e. The maximum atomic E-state index is 12.2. The Balaban J connectivity index is 1.35. The van der Waals surface area contributed by atoms with Crippen molar-refractivity contribution in [1.29, 1.82) is 0 Å². The van der Waals surface area contributed by atoms with Gasteiger partial charge in [0.05, 0.1) is 18.9 Å². The SMILES string of the molecule is FC(F)(F)Oc1ccc([C@H]2CC(Oc3ccc(-c4ccco4)nc3)=NO2)cc1. The normalized spacial score (nSPS) is 16.4. The Morgan fingerprint density at radius 3 is 2.43 bits per heavy atom. The van der Waals surface area contributed by atoms with Gasteiger partial charge in [0, 0.05) is 0 Å². The van der Waals surface area contributed by atoms with Crippen LogP contribution in [-0.2, 0) is 4.84 Å². The lowest BCUT2D eigenvalue weighted by Crippen LogP contribution is -2.17. The quantitative estimate of drug-likeness (QED) is 0.621. The van der Waals surface area contributed by atoms with Crippen LogP contribution in [-0.4, -0.2) is 17.2 Å². The number of benzene rings is 1. The summed E-state index contributed by atoms with van der Waals surface area (Å²) in [7, 11) is 0. The first kappa shape index (κ1) is 17.9. The van der Waals surface area contributed by atoms with E-state index in [0.29, 0.717) is 35.1 Å². The summed E-state index contributed by atoms with van der Waals surface area (Å²) in [5.74, 6) is 1.17. The summed E-state index contributed by atoms with van der Waals surface area (Å²) in [6.45, 7) is 0. The highest BCUT2D eigenvalue weighted by molar-refractivity contribution is 5.79. The molecule has 0 N–H and O–H groups in total. The van der Waals surface area contributed by atoms with Crippen molar-refractivity contribution < 1.29 is 31.9 Å². The number of pyridine rings is 1. The third-order valence-electron chi connectivity index (χ3n) is 3.87. The van der Waals surface area contributed by atoms with E-state index in [0.717, 1.165) is 0 Å². The van der Waals surface area contributed by atoms with E-state index in [-0.39, 0.29) is 5.75 Å². The van der Waals surface area contributed by atoms with Gasteiger partial charge in [-0.3, -0.25) is 0 Å². The standard InChI is InChI=1S/C19H13F3N2O4/c20-19(21,22)27-13-5-3-12(4-6-13)17-10-18(24-28-17)26-14-7-8-15(23-11-14)16-2-1-9-25-16/h1-9,11,17H,10H2/t17-/m1/s1. The van der Waals surface area contributed by atoms with E-state index in [1.807, 2.05) is 0 Å². The van der Waals surface area contributed by atoms with Crippen LogP contribution in [0.5, 0.6) is 11.5 Å². The second-order valence-corrected chi connectivity index (χ2v) is 5.86. The number of aromatic nitrogens is 1. The van der Waals surface area contributed by atoms with Crippen LogP contribution >= 0.6 is 0 Å². The van der Waals surface area contributed by atoms with E-state index in [1.54, 1.807) is 30.5 Å². The molecular formula is C19H13F3N2O4. The number of ether oxygens (including phenoxy) is 2. The van der Waals surface area contributed by atoms with Gasteiger partial charge in [0.1, 0.15) is 17.2 Å². The lowest BCUT2D eigenvalue weighted by Gasteiger charge is -2.11. The summed E-state index contributed by atoms with van der Waals surface area (Å²) in [5.41, 5.74) is 1.32. The van der Waals surface area contributed by atoms with Gasteiger partial charge in [-0.05, 0) is 42.0 Å². The Hall–Kier alpha value is -3.49. The topological polar surface area (TPSA) is 66.1 Å². The van der Waals surface area contributed by atoms with Gasteiger partial charge in [-0.2, -0.15) is 0 Å². The molecule has 1 aliphatic heterocycles. The summed E-state index contributed by atoms with van der Waals surface area (Å²) in [6, 6.07) is 12.5. The largest absolute Gasteiger partial charge is 0.573 e.